The third kappa shape index (κ3) is 2.70. The molecule has 5 nitrogen and oxygen atoms in total. The first-order chi connectivity index (χ1) is 12.6. The van der Waals surface area contributed by atoms with Crippen molar-refractivity contribution in [1.29, 1.82) is 0 Å². The minimum absolute atomic E-state index is 0.189. The molecule has 4 bridgehead atoms. The van der Waals surface area contributed by atoms with Crippen LogP contribution < -0.4 is 5.32 Å². The van der Waals surface area contributed by atoms with E-state index in [2.05, 4.69) is 31.4 Å². The first-order valence-corrected chi connectivity index (χ1v) is 10.3. The quantitative estimate of drug-likeness (QED) is 0.777. The number of aromatic nitrogens is 3. The van der Waals surface area contributed by atoms with Crippen LogP contribution in [0.15, 0.2) is 36.7 Å². The lowest BCUT2D eigenvalue weighted by Gasteiger charge is -2.59. The second-order valence-corrected chi connectivity index (χ2v) is 10.2. The highest BCUT2D eigenvalue weighted by Gasteiger charge is 2.59. The molecular formula is C20H23BrN4O. The highest BCUT2D eigenvalue weighted by Crippen LogP contribution is 2.64. The van der Waals surface area contributed by atoms with Crippen molar-refractivity contribution in [3.8, 4) is 5.69 Å². The SMILES string of the molecule is O=C(NCc1nncn1-c1ccccc1)C12C[C@H]3C[C@@H](CC(Br)(C3)C1)C2. The number of hydrogen-bond acceptors (Lipinski definition) is 3. The maximum atomic E-state index is 13.2. The van der Waals surface area contributed by atoms with Gasteiger partial charge in [-0.25, -0.2) is 0 Å². The Morgan fingerprint density at radius 2 is 1.92 bits per heavy atom. The number of carbonyl (C=O) groups is 1. The van der Waals surface area contributed by atoms with E-state index in [0.29, 0.717) is 18.4 Å². The summed E-state index contributed by atoms with van der Waals surface area (Å²) >= 11 is 3.99. The van der Waals surface area contributed by atoms with Gasteiger partial charge in [0.25, 0.3) is 0 Å². The highest BCUT2D eigenvalue weighted by atomic mass is 79.9. The molecule has 0 saturated heterocycles. The first-order valence-electron chi connectivity index (χ1n) is 9.47. The van der Waals surface area contributed by atoms with Gasteiger partial charge in [0, 0.05) is 10.0 Å². The fourth-order valence-corrected chi connectivity index (χ4v) is 7.40. The molecule has 0 radical (unpaired) electrons. The van der Waals surface area contributed by atoms with E-state index in [9.17, 15) is 4.79 Å². The standard InChI is InChI=1S/C20H23BrN4O/c21-20-9-14-6-15(10-20)8-19(7-14,12-20)18(26)22-11-17-24-23-13-25(17)16-4-2-1-3-5-16/h1-5,13-15H,6-12H2,(H,22,26)/t14-,15-,19?,20?/m1/s1. The van der Waals surface area contributed by atoms with Crippen molar-refractivity contribution in [2.75, 3.05) is 0 Å². The molecule has 6 heteroatoms. The van der Waals surface area contributed by atoms with E-state index in [1.54, 1.807) is 6.33 Å². The summed E-state index contributed by atoms with van der Waals surface area (Å²) < 4.78 is 2.13. The lowest BCUT2D eigenvalue weighted by molar-refractivity contribution is -0.144. The summed E-state index contributed by atoms with van der Waals surface area (Å²) in [5.41, 5.74) is 0.821. The van der Waals surface area contributed by atoms with Crippen molar-refractivity contribution in [3.05, 3.63) is 42.5 Å². The van der Waals surface area contributed by atoms with Crippen molar-refractivity contribution in [2.45, 2.75) is 49.4 Å². The van der Waals surface area contributed by atoms with Gasteiger partial charge in [-0.2, -0.15) is 0 Å². The zero-order valence-electron chi connectivity index (χ0n) is 14.7. The van der Waals surface area contributed by atoms with Gasteiger partial charge in [-0.3, -0.25) is 9.36 Å². The fraction of sp³-hybridized carbons (Fsp3) is 0.550. The first kappa shape index (κ1) is 16.5. The molecule has 26 heavy (non-hydrogen) atoms. The molecular weight excluding hydrogens is 392 g/mol. The molecule has 1 amide bonds. The van der Waals surface area contributed by atoms with Gasteiger partial charge in [0.05, 0.1) is 12.0 Å². The number of hydrogen-bond donors (Lipinski definition) is 1. The number of benzene rings is 1. The summed E-state index contributed by atoms with van der Waals surface area (Å²) in [6, 6.07) is 9.99. The number of alkyl halides is 1. The Hall–Kier alpha value is -1.69. The van der Waals surface area contributed by atoms with Crippen molar-refractivity contribution in [1.82, 2.24) is 20.1 Å². The number of amides is 1. The minimum Gasteiger partial charge on any atom is -0.348 e. The van der Waals surface area contributed by atoms with Crippen molar-refractivity contribution >= 4 is 21.8 Å². The van der Waals surface area contributed by atoms with Crippen molar-refractivity contribution < 1.29 is 4.79 Å². The van der Waals surface area contributed by atoms with E-state index in [0.717, 1.165) is 30.8 Å². The molecule has 2 atom stereocenters. The van der Waals surface area contributed by atoms with Crippen LogP contribution in [0.2, 0.25) is 0 Å². The van der Waals surface area contributed by atoms with E-state index in [1.165, 1.54) is 19.3 Å². The third-order valence-electron chi connectivity index (χ3n) is 6.53. The van der Waals surface area contributed by atoms with Crippen LogP contribution >= 0.6 is 15.9 Å². The van der Waals surface area contributed by atoms with E-state index >= 15 is 0 Å². The molecule has 136 valence electrons. The average molecular weight is 415 g/mol. The summed E-state index contributed by atoms with van der Waals surface area (Å²) in [4.78, 5) is 13.2. The zero-order valence-corrected chi connectivity index (χ0v) is 16.3. The number of para-hydroxylation sites is 1. The predicted octanol–water partition coefficient (Wildman–Crippen LogP) is 3.62. The molecule has 4 fully saturated rings. The summed E-state index contributed by atoms with van der Waals surface area (Å²) in [5, 5.41) is 11.4. The van der Waals surface area contributed by atoms with Crippen LogP contribution in [0, 0.1) is 17.3 Å². The Morgan fingerprint density at radius 3 is 2.62 bits per heavy atom. The smallest absolute Gasteiger partial charge is 0.226 e. The largest absolute Gasteiger partial charge is 0.348 e. The number of carbonyl (C=O) groups excluding carboxylic acids is 1. The summed E-state index contributed by atoms with van der Waals surface area (Å²) in [7, 11) is 0. The molecule has 2 aromatic rings. The normalized spacial score (nSPS) is 34.8. The maximum Gasteiger partial charge on any atom is 0.226 e. The van der Waals surface area contributed by atoms with Gasteiger partial charge in [0.15, 0.2) is 5.82 Å². The second-order valence-electron chi connectivity index (χ2n) is 8.53. The third-order valence-corrected chi connectivity index (χ3v) is 7.46. The molecule has 4 saturated carbocycles. The van der Waals surface area contributed by atoms with Crippen LogP contribution in [0.4, 0.5) is 0 Å². The van der Waals surface area contributed by atoms with Gasteiger partial charge in [-0.05, 0) is 62.5 Å². The molecule has 0 aliphatic heterocycles. The van der Waals surface area contributed by atoms with Crippen LogP contribution in [0.25, 0.3) is 5.69 Å². The Balaban J connectivity index is 1.33. The van der Waals surface area contributed by atoms with Gasteiger partial charge in [-0.1, -0.05) is 34.1 Å². The molecule has 0 spiro atoms. The highest BCUT2D eigenvalue weighted by molar-refractivity contribution is 9.10. The maximum absolute atomic E-state index is 13.2. The lowest BCUT2D eigenvalue weighted by Crippen LogP contribution is -2.58. The molecule has 1 aromatic carbocycles. The molecule has 1 aromatic heterocycles. The van der Waals surface area contributed by atoms with E-state index < -0.39 is 0 Å². The predicted molar refractivity (Wildman–Crippen MR) is 102 cm³/mol. The van der Waals surface area contributed by atoms with Gasteiger partial charge >= 0.3 is 0 Å². The van der Waals surface area contributed by atoms with Crippen LogP contribution in [-0.2, 0) is 11.3 Å². The summed E-state index contributed by atoms with van der Waals surface area (Å²) in [5.74, 6) is 2.38. The topological polar surface area (TPSA) is 59.8 Å². The Morgan fingerprint density at radius 1 is 1.19 bits per heavy atom. The number of halogens is 1. The monoisotopic (exact) mass is 414 g/mol. The Bertz CT molecular complexity index is 819. The minimum atomic E-state index is -0.189. The zero-order chi connectivity index (χ0) is 17.8. The molecule has 6 rings (SSSR count). The van der Waals surface area contributed by atoms with Crippen LogP contribution in [0.1, 0.15) is 44.3 Å². The molecule has 4 aliphatic carbocycles. The molecule has 0 unspecified atom stereocenters. The van der Waals surface area contributed by atoms with Gasteiger partial charge < -0.3 is 5.32 Å². The van der Waals surface area contributed by atoms with E-state index in [-0.39, 0.29) is 15.6 Å². The van der Waals surface area contributed by atoms with Crippen LogP contribution in [-0.4, -0.2) is 25.0 Å². The molecule has 1 heterocycles. The number of rotatable bonds is 4. The number of nitrogens with zero attached hydrogens (tertiary/aromatic N) is 3. The van der Waals surface area contributed by atoms with Crippen LogP contribution in [0.5, 0.6) is 0 Å². The van der Waals surface area contributed by atoms with Crippen molar-refractivity contribution in [3.63, 3.8) is 0 Å². The Kier molecular flexibility index (Phi) is 3.75. The van der Waals surface area contributed by atoms with E-state index in [1.807, 2.05) is 34.9 Å². The second kappa shape index (κ2) is 5.91. The van der Waals surface area contributed by atoms with Crippen LogP contribution in [0.3, 0.4) is 0 Å². The number of nitrogens with one attached hydrogen (secondary N) is 1. The lowest BCUT2D eigenvalue weighted by atomic mass is 9.49. The average Bonchev–Trinajstić information content (AvgIpc) is 3.07. The summed E-state index contributed by atoms with van der Waals surface area (Å²) in [6.45, 7) is 0.417. The van der Waals surface area contributed by atoms with Gasteiger partial charge in [0.1, 0.15) is 6.33 Å². The molecule has 1 N–H and O–H groups in total. The van der Waals surface area contributed by atoms with Gasteiger partial charge in [0.2, 0.25) is 5.91 Å². The fourth-order valence-electron chi connectivity index (χ4n) is 5.95. The molecule has 4 aliphatic rings. The van der Waals surface area contributed by atoms with E-state index in [4.69, 9.17) is 0 Å². The Labute approximate surface area is 161 Å². The van der Waals surface area contributed by atoms with Gasteiger partial charge in [-0.15, -0.1) is 10.2 Å². The van der Waals surface area contributed by atoms with Crippen molar-refractivity contribution in [2.24, 2.45) is 17.3 Å². The summed E-state index contributed by atoms with van der Waals surface area (Å²) in [6.07, 6.45) is 8.56.